The van der Waals surface area contributed by atoms with Gasteiger partial charge in [0.1, 0.15) is 17.4 Å². The molecule has 0 bridgehead atoms. The number of aromatic nitrogens is 1. The molecule has 28 heavy (non-hydrogen) atoms. The number of nitrogens with zero attached hydrogens (tertiary/aromatic N) is 4. The lowest BCUT2D eigenvalue weighted by Gasteiger charge is -2.18. The van der Waals surface area contributed by atoms with E-state index in [1.54, 1.807) is 6.20 Å². The minimum absolute atomic E-state index is 0.329. The fourth-order valence-electron chi connectivity index (χ4n) is 2.82. The summed E-state index contributed by atoms with van der Waals surface area (Å²) in [4.78, 5) is 15.6. The van der Waals surface area contributed by atoms with Crippen molar-refractivity contribution in [1.29, 1.82) is 0 Å². The molecule has 5 nitrogen and oxygen atoms in total. The molecule has 146 valence electrons. The Morgan fingerprint density at radius 1 is 1.18 bits per heavy atom. The summed E-state index contributed by atoms with van der Waals surface area (Å²) in [5.41, 5.74) is 11.0. The molecule has 2 rings (SSSR count). The molecule has 0 saturated carbocycles. The van der Waals surface area contributed by atoms with Gasteiger partial charge in [0.05, 0.1) is 25.0 Å². The zero-order valence-electron chi connectivity index (χ0n) is 17.5. The summed E-state index contributed by atoms with van der Waals surface area (Å²) >= 11 is 0. The first kappa shape index (κ1) is 21.3. The molecule has 0 aliphatic rings. The number of hydrogen-bond donors (Lipinski definition) is 1. The molecule has 0 aliphatic carbocycles. The molecular weight excluding hydrogens is 346 g/mol. The van der Waals surface area contributed by atoms with Gasteiger partial charge in [0, 0.05) is 7.05 Å². The third kappa shape index (κ3) is 5.77. The van der Waals surface area contributed by atoms with Gasteiger partial charge >= 0.3 is 0 Å². The minimum Gasteiger partial charge on any atom is -0.332 e. The third-order valence-corrected chi connectivity index (χ3v) is 4.68. The average Bonchev–Trinajstić information content (AvgIpc) is 2.71. The van der Waals surface area contributed by atoms with E-state index in [0.29, 0.717) is 18.8 Å². The van der Waals surface area contributed by atoms with Crippen LogP contribution in [0.5, 0.6) is 0 Å². The SMILES string of the molecule is CCc1cccc(CN=C(C)N=C(C)N(C)c2ccc(C#CCN)nc2)c1C. The van der Waals surface area contributed by atoms with E-state index in [9.17, 15) is 0 Å². The highest BCUT2D eigenvalue weighted by atomic mass is 15.2. The lowest BCUT2D eigenvalue weighted by Crippen LogP contribution is -2.24. The Balaban J connectivity index is 2.09. The summed E-state index contributed by atoms with van der Waals surface area (Å²) in [6.07, 6.45) is 2.82. The topological polar surface area (TPSA) is 66.9 Å². The van der Waals surface area contributed by atoms with Crippen LogP contribution in [0.25, 0.3) is 0 Å². The number of aryl methyl sites for hydroxylation is 1. The molecule has 5 heteroatoms. The number of rotatable bonds is 4. The molecule has 0 fully saturated rings. The molecule has 1 aromatic carbocycles. The average molecular weight is 376 g/mol. The molecule has 0 radical (unpaired) electrons. The number of anilines is 1. The maximum Gasteiger partial charge on any atom is 0.122 e. The zero-order valence-corrected chi connectivity index (χ0v) is 17.5. The predicted octanol–water partition coefficient (Wildman–Crippen LogP) is 3.74. The first-order chi connectivity index (χ1) is 13.5. The maximum atomic E-state index is 5.39. The van der Waals surface area contributed by atoms with Gasteiger partial charge in [-0.05, 0) is 61.9 Å². The van der Waals surface area contributed by atoms with Gasteiger partial charge in [0.25, 0.3) is 0 Å². The Morgan fingerprint density at radius 2 is 1.93 bits per heavy atom. The predicted molar refractivity (Wildman–Crippen MR) is 119 cm³/mol. The maximum absolute atomic E-state index is 5.39. The highest BCUT2D eigenvalue weighted by Gasteiger charge is 2.06. The van der Waals surface area contributed by atoms with Crippen molar-refractivity contribution < 1.29 is 0 Å². The van der Waals surface area contributed by atoms with Crippen LogP contribution < -0.4 is 10.6 Å². The van der Waals surface area contributed by atoms with Crippen LogP contribution in [-0.4, -0.2) is 30.2 Å². The molecule has 0 unspecified atom stereocenters. The number of benzene rings is 1. The summed E-state index contributed by atoms with van der Waals surface area (Å²) in [7, 11) is 1.96. The molecule has 1 aromatic heterocycles. The largest absolute Gasteiger partial charge is 0.332 e. The molecule has 0 amide bonds. The number of hydrogen-bond acceptors (Lipinski definition) is 3. The fraction of sp³-hybridized carbons (Fsp3) is 0.348. The van der Waals surface area contributed by atoms with Crippen LogP contribution in [-0.2, 0) is 13.0 Å². The Bertz CT molecular complexity index is 914. The highest BCUT2D eigenvalue weighted by molar-refractivity contribution is 6.03. The van der Waals surface area contributed by atoms with Crippen molar-refractivity contribution >= 4 is 17.4 Å². The highest BCUT2D eigenvalue weighted by Crippen LogP contribution is 2.16. The molecule has 2 aromatic rings. The van der Waals surface area contributed by atoms with Crippen LogP contribution >= 0.6 is 0 Å². The van der Waals surface area contributed by atoms with Gasteiger partial charge in [0.15, 0.2) is 0 Å². The van der Waals surface area contributed by atoms with Gasteiger partial charge in [-0.2, -0.15) is 0 Å². The normalized spacial score (nSPS) is 11.8. The van der Waals surface area contributed by atoms with E-state index in [2.05, 4.69) is 58.9 Å². The lowest BCUT2D eigenvalue weighted by atomic mass is 10.0. The molecule has 0 atom stereocenters. The molecule has 0 saturated heterocycles. The van der Waals surface area contributed by atoms with Gasteiger partial charge in [-0.25, -0.2) is 9.98 Å². The number of pyridine rings is 1. The van der Waals surface area contributed by atoms with Gasteiger partial charge in [-0.15, -0.1) is 0 Å². The van der Waals surface area contributed by atoms with Gasteiger partial charge in [-0.3, -0.25) is 4.99 Å². The van der Waals surface area contributed by atoms with Gasteiger partial charge < -0.3 is 10.6 Å². The fourth-order valence-corrected chi connectivity index (χ4v) is 2.82. The van der Waals surface area contributed by atoms with E-state index in [0.717, 1.165) is 23.8 Å². The quantitative estimate of drug-likeness (QED) is 0.503. The van der Waals surface area contributed by atoms with Crippen molar-refractivity contribution in [1.82, 2.24) is 4.98 Å². The van der Waals surface area contributed by atoms with E-state index >= 15 is 0 Å². The Kier molecular flexibility index (Phi) is 7.91. The molecule has 0 spiro atoms. The summed E-state index contributed by atoms with van der Waals surface area (Å²) in [6, 6.07) is 10.3. The number of nitrogens with two attached hydrogens (primary N) is 1. The van der Waals surface area contributed by atoms with Crippen LogP contribution in [0.2, 0.25) is 0 Å². The van der Waals surface area contributed by atoms with Crippen LogP contribution in [0.15, 0.2) is 46.5 Å². The van der Waals surface area contributed by atoms with E-state index in [4.69, 9.17) is 5.73 Å². The Labute approximate surface area is 168 Å². The Hall–Kier alpha value is -2.97. The second kappa shape index (κ2) is 10.4. The van der Waals surface area contributed by atoms with Crippen molar-refractivity contribution in [2.75, 3.05) is 18.5 Å². The second-order valence-corrected chi connectivity index (χ2v) is 6.54. The van der Waals surface area contributed by atoms with Crippen molar-refractivity contribution in [2.45, 2.75) is 40.7 Å². The molecule has 1 heterocycles. The van der Waals surface area contributed by atoms with Gasteiger partial charge in [0.2, 0.25) is 0 Å². The number of amidine groups is 2. The standard InChI is InChI=1S/C23H29N5/c1-6-20-9-7-10-21(17(20)2)15-25-18(3)27-19(4)28(5)23-13-12-22(26-16-23)11-8-14-24/h7,9-10,12-13,16H,6,14-15,24H2,1-5H3. The van der Waals surface area contributed by atoms with Crippen molar-refractivity contribution in [3.63, 3.8) is 0 Å². The van der Waals surface area contributed by atoms with Gasteiger partial charge in [-0.1, -0.05) is 31.0 Å². The van der Waals surface area contributed by atoms with Crippen molar-refractivity contribution in [3.05, 3.63) is 58.9 Å². The van der Waals surface area contributed by atoms with E-state index < -0.39 is 0 Å². The summed E-state index contributed by atoms with van der Waals surface area (Å²) in [5, 5.41) is 0. The number of aliphatic imine (C=N–C) groups is 2. The monoisotopic (exact) mass is 375 g/mol. The van der Waals surface area contributed by atoms with Crippen LogP contribution in [0.1, 0.15) is 43.2 Å². The lowest BCUT2D eigenvalue weighted by molar-refractivity contribution is 1.01. The molecule has 0 aliphatic heterocycles. The summed E-state index contributed by atoms with van der Waals surface area (Å²) in [6.45, 7) is 9.20. The van der Waals surface area contributed by atoms with Crippen LogP contribution in [0.3, 0.4) is 0 Å². The van der Waals surface area contributed by atoms with E-state index in [-0.39, 0.29) is 0 Å². The summed E-state index contributed by atoms with van der Waals surface area (Å²) < 4.78 is 0. The molecule has 2 N–H and O–H groups in total. The van der Waals surface area contributed by atoms with Crippen LogP contribution in [0, 0.1) is 18.8 Å². The minimum atomic E-state index is 0.329. The van der Waals surface area contributed by atoms with E-state index in [1.807, 2.05) is 37.9 Å². The second-order valence-electron chi connectivity index (χ2n) is 6.54. The first-order valence-corrected chi connectivity index (χ1v) is 9.48. The molecular formula is C23H29N5. The zero-order chi connectivity index (χ0) is 20.5. The van der Waals surface area contributed by atoms with E-state index in [1.165, 1.54) is 16.7 Å². The Morgan fingerprint density at radius 3 is 2.57 bits per heavy atom. The third-order valence-electron chi connectivity index (χ3n) is 4.68. The van der Waals surface area contributed by atoms with Crippen molar-refractivity contribution in [2.24, 2.45) is 15.7 Å². The van der Waals surface area contributed by atoms with Crippen molar-refractivity contribution in [3.8, 4) is 11.8 Å². The smallest absolute Gasteiger partial charge is 0.122 e. The summed E-state index contributed by atoms with van der Waals surface area (Å²) in [5.74, 6) is 7.33. The first-order valence-electron chi connectivity index (χ1n) is 9.48. The van der Waals surface area contributed by atoms with Crippen LogP contribution in [0.4, 0.5) is 5.69 Å².